The standard InChI is InChI=1S/C12H19NO2/c1-12(2,3)7-9-15-11(14)10-6-5-8-13(10)4/h5-6,8H,7,9H2,1-4H3. The number of hydrogen-bond acceptors (Lipinski definition) is 2. The van der Waals surface area contributed by atoms with E-state index < -0.39 is 0 Å². The summed E-state index contributed by atoms with van der Waals surface area (Å²) in [6.07, 6.45) is 2.71. The van der Waals surface area contributed by atoms with E-state index in [2.05, 4.69) is 20.8 Å². The molecule has 15 heavy (non-hydrogen) atoms. The second kappa shape index (κ2) is 4.51. The average Bonchev–Trinajstić information content (AvgIpc) is 2.48. The SMILES string of the molecule is Cn1cccc1C(=O)OCCC(C)(C)C. The first kappa shape index (κ1) is 11.8. The van der Waals surface area contributed by atoms with Crippen LogP contribution < -0.4 is 0 Å². The van der Waals surface area contributed by atoms with E-state index in [0.29, 0.717) is 12.3 Å². The largest absolute Gasteiger partial charge is 0.461 e. The molecule has 3 nitrogen and oxygen atoms in total. The van der Waals surface area contributed by atoms with Gasteiger partial charge < -0.3 is 9.30 Å². The molecule has 0 unspecified atom stereocenters. The summed E-state index contributed by atoms with van der Waals surface area (Å²) in [4.78, 5) is 11.6. The van der Waals surface area contributed by atoms with Gasteiger partial charge in [-0.1, -0.05) is 20.8 Å². The average molecular weight is 209 g/mol. The third kappa shape index (κ3) is 3.78. The molecule has 0 atom stereocenters. The van der Waals surface area contributed by atoms with Crippen LogP contribution in [-0.4, -0.2) is 17.1 Å². The third-order valence-electron chi connectivity index (χ3n) is 2.24. The molecule has 0 spiro atoms. The molecule has 3 heteroatoms. The number of aryl methyl sites for hydroxylation is 1. The number of nitrogens with zero attached hydrogens (tertiary/aromatic N) is 1. The molecular weight excluding hydrogens is 190 g/mol. The summed E-state index contributed by atoms with van der Waals surface area (Å²) in [5, 5.41) is 0. The number of carbonyl (C=O) groups excluding carboxylic acids is 1. The molecule has 0 aliphatic heterocycles. The van der Waals surface area contributed by atoms with Gasteiger partial charge in [0, 0.05) is 13.2 Å². The van der Waals surface area contributed by atoms with Gasteiger partial charge in [0.2, 0.25) is 0 Å². The first-order chi connectivity index (χ1) is 6.90. The third-order valence-corrected chi connectivity index (χ3v) is 2.24. The number of aromatic nitrogens is 1. The monoisotopic (exact) mass is 209 g/mol. The van der Waals surface area contributed by atoms with Gasteiger partial charge in [0.25, 0.3) is 0 Å². The van der Waals surface area contributed by atoms with Crippen molar-refractivity contribution in [3.63, 3.8) is 0 Å². The highest BCUT2D eigenvalue weighted by atomic mass is 16.5. The van der Waals surface area contributed by atoms with Crippen LogP contribution in [0, 0.1) is 5.41 Å². The highest BCUT2D eigenvalue weighted by molar-refractivity contribution is 5.87. The smallest absolute Gasteiger partial charge is 0.354 e. The molecule has 0 radical (unpaired) electrons. The van der Waals surface area contributed by atoms with Crippen LogP contribution in [0.1, 0.15) is 37.7 Å². The van der Waals surface area contributed by atoms with E-state index in [4.69, 9.17) is 4.74 Å². The molecule has 0 aliphatic rings. The summed E-state index contributed by atoms with van der Waals surface area (Å²) >= 11 is 0. The van der Waals surface area contributed by atoms with E-state index in [1.54, 1.807) is 10.6 Å². The maximum Gasteiger partial charge on any atom is 0.354 e. The van der Waals surface area contributed by atoms with E-state index in [9.17, 15) is 4.79 Å². The lowest BCUT2D eigenvalue weighted by Crippen LogP contribution is -2.15. The Labute approximate surface area is 91.0 Å². The van der Waals surface area contributed by atoms with Crippen molar-refractivity contribution in [3.8, 4) is 0 Å². The minimum Gasteiger partial charge on any atom is -0.461 e. The van der Waals surface area contributed by atoms with Gasteiger partial charge in [-0.25, -0.2) is 4.79 Å². The molecule has 1 heterocycles. The van der Waals surface area contributed by atoms with Gasteiger partial charge in [0.15, 0.2) is 0 Å². The zero-order chi connectivity index (χ0) is 11.5. The Hall–Kier alpha value is -1.25. The number of ether oxygens (including phenoxy) is 1. The zero-order valence-electron chi connectivity index (χ0n) is 9.91. The van der Waals surface area contributed by atoms with Gasteiger partial charge >= 0.3 is 5.97 Å². The highest BCUT2D eigenvalue weighted by Gasteiger charge is 2.13. The van der Waals surface area contributed by atoms with E-state index in [1.807, 2.05) is 19.3 Å². The Balaban J connectivity index is 2.41. The topological polar surface area (TPSA) is 31.2 Å². The first-order valence-corrected chi connectivity index (χ1v) is 5.18. The second-order valence-corrected chi connectivity index (χ2v) is 4.95. The van der Waals surface area contributed by atoms with Gasteiger partial charge in [0.1, 0.15) is 5.69 Å². The molecule has 1 aromatic rings. The van der Waals surface area contributed by atoms with Crippen LogP contribution in [0.5, 0.6) is 0 Å². The summed E-state index contributed by atoms with van der Waals surface area (Å²) in [7, 11) is 1.83. The normalized spacial score (nSPS) is 11.5. The second-order valence-electron chi connectivity index (χ2n) is 4.95. The summed E-state index contributed by atoms with van der Waals surface area (Å²) in [5.41, 5.74) is 0.804. The van der Waals surface area contributed by atoms with Crippen molar-refractivity contribution in [3.05, 3.63) is 24.0 Å². The number of esters is 1. The number of carbonyl (C=O) groups is 1. The lowest BCUT2D eigenvalue weighted by molar-refractivity contribution is 0.0454. The Morgan fingerprint density at radius 1 is 1.47 bits per heavy atom. The molecule has 0 aromatic carbocycles. The van der Waals surface area contributed by atoms with Crippen LogP contribution >= 0.6 is 0 Å². The fraction of sp³-hybridized carbons (Fsp3) is 0.583. The molecule has 0 fully saturated rings. The van der Waals surface area contributed by atoms with Gasteiger partial charge in [-0.3, -0.25) is 0 Å². The number of rotatable bonds is 3. The predicted molar refractivity (Wildman–Crippen MR) is 59.8 cm³/mol. The molecule has 0 saturated carbocycles. The van der Waals surface area contributed by atoms with Crippen molar-refractivity contribution in [2.24, 2.45) is 12.5 Å². The fourth-order valence-corrected chi connectivity index (χ4v) is 1.20. The van der Waals surface area contributed by atoms with Crippen LogP contribution in [0.3, 0.4) is 0 Å². The Bertz CT molecular complexity index is 334. The highest BCUT2D eigenvalue weighted by Crippen LogP contribution is 2.18. The van der Waals surface area contributed by atoms with Gasteiger partial charge in [-0.2, -0.15) is 0 Å². The van der Waals surface area contributed by atoms with E-state index >= 15 is 0 Å². The van der Waals surface area contributed by atoms with Crippen LogP contribution in [0.15, 0.2) is 18.3 Å². The van der Waals surface area contributed by atoms with Crippen molar-refractivity contribution < 1.29 is 9.53 Å². The Morgan fingerprint density at radius 2 is 2.13 bits per heavy atom. The van der Waals surface area contributed by atoms with Crippen molar-refractivity contribution in [1.82, 2.24) is 4.57 Å². The summed E-state index contributed by atoms with van der Waals surface area (Å²) in [6, 6.07) is 3.60. The van der Waals surface area contributed by atoms with E-state index in [-0.39, 0.29) is 11.4 Å². The first-order valence-electron chi connectivity index (χ1n) is 5.18. The maximum absolute atomic E-state index is 11.6. The molecule has 1 aromatic heterocycles. The number of hydrogen-bond donors (Lipinski definition) is 0. The summed E-state index contributed by atoms with van der Waals surface area (Å²) in [6.45, 7) is 6.86. The maximum atomic E-state index is 11.6. The van der Waals surface area contributed by atoms with Gasteiger partial charge in [-0.05, 0) is 24.0 Å². The van der Waals surface area contributed by atoms with E-state index in [1.165, 1.54) is 0 Å². The molecule has 84 valence electrons. The Kier molecular flexibility index (Phi) is 3.56. The van der Waals surface area contributed by atoms with E-state index in [0.717, 1.165) is 6.42 Å². The molecule has 0 N–H and O–H groups in total. The molecule has 1 rings (SSSR count). The zero-order valence-corrected chi connectivity index (χ0v) is 9.91. The van der Waals surface area contributed by atoms with Gasteiger partial charge in [-0.15, -0.1) is 0 Å². The van der Waals surface area contributed by atoms with Crippen LogP contribution in [0.4, 0.5) is 0 Å². The minimum atomic E-state index is -0.244. The molecular formula is C12H19NO2. The lowest BCUT2D eigenvalue weighted by atomic mass is 9.93. The predicted octanol–water partition coefficient (Wildman–Crippen LogP) is 2.62. The quantitative estimate of drug-likeness (QED) is 0.716. The lowest BCUT2D eigenvalue weighted by Gasteiger charge is -2.17. The summed E-state index contributed by atoms with van der Waals surface area (Å²) < 4.78 is 6.95. The minimum absolute atomic E-state index is 0.203. The van der Waals surface area contributed by atoms with Crippen molar-refractivity contribution in [1.29, 1.82) is 0 Å². The van der Waals surface area contributed by atoms with Crippen LogP contribution in [-0.2, 0) is 11.8 Å². The summed E-state index contributed by atoms with van der Waals surface area (Å²) in [5.74, 6) is -0.244. The van der Waals surface area contributed by atoms with Crippen molar-refractivity contribution in [2.75, 3.05) is 6.61 Å². The Morgan fingerprint density at radius 3 is 2.60 bits per heavy atom. The van der Waals surface area contributed by atoms with Gasteiger partial charge in [0.05, 0.1) is 6.61 Å². The van der Waals surface area contributed by atoms with Crippen LogP contribution in [0.25, 0.3) is 0 Å². The molecule has 0 bridgehead atoms. The molecule has 0 amide bonds. The molecule has 0 aliphatic carbocycles. The molecule has 0 saturated heterocycles. The fourth-order valence-electron chi connectivity index (χ4n) is 1.20. The van der Waals surface area contributed by atoms with Crippen LogP contribution in [0.2, 0.25) is 0 Å². The van der Waals surface area contributed by atoms with Crippen molar-refractivity contribution in [2.45, 2.75) is 27.2 Å². The van der Waals surface area contributed by atoms with Crippen molar-refractivity contribution >= 4 is 5.97 Å².